The summed E-state index contributed by atoms with van der Waals surface area (Å²) in [4.78, 5) is 0. The monoisotopic (exact) mass is 294 g/mol. The van der Waals surface area contributed by atoms with Gasteiger partial charge in [-0.05, 0) is 30.5 Å². The molecule has 0 bridgehead atoms. The van der Waals surface area contributed by atoms with Crippen molar-refractivity contribution in [2.75, 3.05) is 0 Å². The van der Waals surface area contributed by atoms with Crippen molar-refractivity contribution >= 4 is 10.0 Å². The van der Waals surface area contributed by atoms with Gasteiger partial charge in [0.1, 0.15) is 0 Å². The second-order valence-corrected chi connectivity index (χ2v) is 6.90. The molecule has 20 heavy (non-hydrogen) atoms. The number of hydrogen-bond acceptors (Lipinski definition) is 4. The van der Waals surface area contributed by atoms with E-state index in [-0.39, 0.29) is 5.75 Å². The molecule has 1 aromatic rings. The summed E-state index contributed by atoms with van der Waals surface area (Å²) >= 11 is 0. The third-order valence-corrected chi connectivity index (χ3v) is 4.85. The fourth-order valence-electron chi connectivity index (χ4n) is 2.47. The first kappa shape index (κ1) is 15.0. The van der Waals surface area contributed by atoms with Crippen LogP contribution in [0, 0.1) is 11.3 Å². The third-order valence-electron chi connectivity index (χ3n) is 3.47. The van der Waals surface area contributed by atoms with Crippen molar-refractivity contribution < 1.29 is 13.5 Å². The molecule has 6 heteroatoms. The number of nitrogens with zero attached hydrogens (tertiary/aromatic N) is 1. The van der Waals surface area contributed by atoms with Gasteiger partial charge in [-0.1, -0.05) is 25.0 Å². The van der Waals surface area contributed by atoms with Gasteiger partial charge in [0.25, 0.3) is 0 Å². The van der Waals surface area contributed by atoms with Crippen LogP contribution in [0.1, 0.15) is 36.8 Å². The molecule has 1 aliphatic carbocycles. The molecule has 1 aromatic carbocycles. The number of nitriles is 1. The molecule has 0 aromatic heterocycles. The van der Waals surface area contributed by atoms with Crippen LogP contribution in [0.4, 0.5) is 0 Å². The second kappa shape index (κ2) is 6.35. The van der Waals surface area contributed by atoms with Gasteiger partial charge in [-0.25, -0.2) is 13.1 Å². The molecule has 0 spiro atoms. The Labute approximate surface area is 119 Å². The standard InChI is InChI=1S/C14H18N2O3S/c15-9-11-4-3-5-12(8-11)10-20(18,19)16-13-6-1-2-7-14(13)17/h3-5,8,13-14,16-17H,1-2,6-7,10H2/t13-,14-/m0/s1. The number of hydrogen-bond donors (Lipinski definition) is 2. The largest absolute Gasteiger partial charge is 0.391 e. The summed E-state index contributed by atoms with van der Waals surface area (Å²) < 4.78 is 26.8. The molecule has 0 saturated heterocycles. The van der Waals surface area contributed by atoms with Crippen molar-refractivity contribution in [3.63, 3.8) is 0 Å². The predicted molar refractivity (Wildman–Crippen MR) is 75.2 cm³/mol. The molecule has 0 amide bonds. The lowest BCUT2D eigenvalue weighted by molar-refractivity contribution is 0.101. The van der Waals surface area contributed by atoms with Gasteiger partial charge in [-0.3, -0.25) is 0 Å². The van der Waals surface area contributed by atoms with Crippen molar-refractivity contribution in [1.82, 2.24) is 4.72 Å². The minimum Gasteiger partial charge on any atom is -0.391 e. The van der Waals surface area contributed by atoms with E-state index in [2.05, 4.69) is 4.72 Å². The SMILES string of the molecule is N#Cc1cccc(CS(=O)(=O)N[C@H]2CCCC[C@@H]2O)c1. The van der Waals surface area contributed by atoms with Crippen molar-refractivity contribution in [1.29, 1.82) is 5.26 Å². The average molecular weight is 294 g/mol. The van der Waals surface area contributed by atoms with Gasteiger partial charge in [0, 0.05) is 6.04 Å². The third kappa shape index (κ3) is 4.04. The summed E-state index contributed by atoms with van der Waals surface area (Å²) in [5, 5.41) is 18.6. The maximum absolute atomic E-state index is 12.1. The maximum Gasteiger partial charge on any atom is 0.216 e. The highest BCUT2D eigenvalue weighted by Crippen LogP contribution is 2.19. The Balaban J connectivity index is 2.05. The van der Waals surface area contributed by atoms with Gasteiger partial charge in [0.15, 0.2) is 0 Å². The summed E-state index contributed by atoms with van der Waals surface area (Å²) in [5.41, 5.74) is 1.01. The fraction of sp³-hybridized carbons (Fsp3) is 0.500. The predicted octanol–water partition coefficient (Wildman–Crippen LogP) is 1.28. The Bertz CT molecular complexity index is 607. The first-order valence-corrected chi connectivity index (χ1v) is 8.32. The number of sulfonamides is 1. The molecule has 5 nitrogen and oxygen atoms in total. The molecular weight excluding hydrogens is 276 g/mol. The van der Waals surface area contributed by atoms with Crippen molar-refractivity contribution in [2.45, 2.75) is 43.6 Å². The minimum atomic E-state index is -3.51. The lowest BCUT2D eigenvalue weighted by Gasteiger charge is -2.28. The normalized spacial score (nSPS) is 23.2. The number of aliphatic hydroxyl groups is 1. The van der Waals surface area contributed by atoms with E-state index in [4.69, 9.17) is 5.26 Å². The van der Waals surface area contributed by atoms with Crippen LogP contribution in [0.25, 0.3) is 0 Å². The summed E-state index contributed by atoms with van der Waals surface area (Å²) in [6.45, 7) is 0. The van der Waals surface area contributed by atoms with Gasteiger partial charge < -0.3 is 5.11 Å². The smallest absolute Gasteiger partial charge is 0.216 e. The molecule has 1 aliphatic rings. The summed E-state index contributed by atoms with van der Waals surface area (Å²) in [6, 6.07) is 8.13. The first-order valence-electron chi connectivity index (χ1n) is 6.67. The Morgan fingerprint density at radius 1 is 1.35 bits per heavy atom. The second-order valence-electron chi connectivity index (χ2n) is 5.15. The van der Waals surface area contributed by atoms with Crippen molar-refractivity contribution in [3.8, 4) is 6.07 Å². The fourth-order valence-corrected chi connectivity index (χ4v) is 3.91. The highest BCUT2D eigenvalue weighted by atomic mass is 32.2. The van der Waals surface area contributed by atoms with Crippen molar-refractivity contribution in [3.05, 3.63) is 35.4 Å². The van der Waals surface area contributed by atoms with Crippen molar-refractivity contribution in [2.24, 2.45) is 0 Å². The van der Waals surface area contributed by atoms with E-state index in [0.717, 1.165) is 12.8 Å². The zero-order valence-electron chi connectivity index (χ0n) is 11.1. The van der Waals surface area contributed by atoms with Gasteiger partial charge in [0.05, 0.1) is 23.5 Å². The highest BCUT2D eigenvalue weighted by molar-refractivity contribution is 7.88. The molecule has 108 valence electrons. The molecule has 0 unspecified atom stereocenters. The molecule has 1 saturated carbocycles. The lowest BCUT2D eigenvalue weighted by Crippen LogP contribution is -2.45. The molecule has 2 atom stereocenters. The van der Waals surface area contributed by atoms with Crippen LogP contribution < -0.4 is 4.72 Å². The van der Waals surface area contributed by atoms with E-state index in [9.17, 15) is 13.5 Å². The Hall–Kier alpha value is -1.42. The highest BCUT2D eigenvalue weighted by Gasteiger charge is 2.27. The van der Waals surface area contributed by atoms with E-state index in [1.807, 2.05) is 6.07 Å². The average Bonchev–Trinajstić information content (AvgIpc) is 2.41. The van der Waals surface area contributed by atoms with E-state index in [1.54, 1.807) is 24.3 Å². The topological polar surface area (TPSA) is 90.2 Å². The van der Waals surface area contributed by atoms with Crippen LogP contribution in [0.2, 0.25) is 0 Å². The van der Waals surface area contributed by atoms with E-state index in [0.29, 0.717) is 24.0 Å². The zero-order valence-corrected chi connectivity index (χ0v) is 11.9. The Kier molecular flexibility index (Phi) is 4.76. The van der Waals surface area contributed by atoms with Crippen LogP contribution in [0.15, 0.2) is 24.3 Å². The number of nitrogens with one attached hydrogen (secondary N) is 1. The summed E-state index contributed by atoms with van der Waals surface area (Å²) in [5.74, 6) is -0.175. The van der Waals surface area contributed by atoms with Crippen LogP contribution in [-0.4, -0.2) is 25.7 Å². The maximum atomic E-state index is 12.1. The number of benzene rings is 1. The molecule has 2 rings (SSSR count). The first-order chi connectivity index (χ1) is 9.50. The molecule has 2 N–H and O–H groups in total. The molecular formula is C14H18N2O3S. The van der Waals surface area contributed by atoms with Crippen LogP contribution in [0.5, 0.6) is 0 Å². The van der Waals surface area contributed by atoms with Gasteiger partial charge in [0.2, 0.25) is 10.0 Å². The molecule has 1 fully saturated rings. The number of aliphatic hydroxyl groups excluding tert-OH is 1. The van der Waals surface area contributed by atoms with E-state index < -0.39 is 22.2 Å². The van der Waals surface area contributed by atoms with Gasteiger partial charge in [-0.15, -0.1) is 0 Å². The number of rotatable bonds is 4. The Morgan fingerprint density at radius 3 is 2.80 bits per heavy atom. The Morgan fingerprint density at radius 2 is 2.10 bits per heavy atom. The van der Waals surface area contributed by atoms with E-state index in [1.165, 1.54) is 0 Å². The van der Waals surface area contributed by atoms with E-state index >= 15 is 0 Å². The quantitative estimate of drug-likeness (QED) is 0.875. The van der Waals surface area contributed by atoms with Crippen LogP contribution in [0.3, 0.4) is 0 Å². The molecule has 0 radical (unpaired) electrons. The lowest BCUT2D eigenvalue weighted by atomic mass is 9.93. The molecule has 0 aliphatic heterocycles. The van der Waals surface area contributed by atoms with Crippen LogP contribution in [-0.2, 0) is 15.8 Å². The van der Waals surface area contributed by atoms with Gasteiger partial charge in [-0.2, -0.15) is 5.26 Å². The summed E-state index contributed by atoms with van der Waals surface area (Å²) in [7, 11) is -3.51. The van der Waals surface area contributed by atoms with Crippen LogP contribution >= 0.6 is 0 Å². The zero-order chi connectivity index (χ0) is 14.6. The molecule has 0 heterocycles. The van der Waals surface area contributed by atoms with Gasteiger partial charge >= 0.3 is 0 Å². The minimum absolute atomic E-state index is 0.175. The summed E-state index contributed by atoms with van der Waals surface area (Å²) in [6.07, 6.45) is 2.55.